The van der Waals surface area contributed by atoms with Gasteiger partial charge in [-0.05, 0) is 17.6 Å². The standard InChI is InChI=1S/C10H12BNO5/c13-9(14)5-6-12-10(15)7-1-3-8(4-2-7)11(16)17/h1-4,16-17H,5-6H2,(H,12,15)(H,13,14). The second-order valence-corrected chi connectivity index (χ2v) is 3.40. The maximum atomic E-state index is 11.5. The molecule has 0 aliphatic carbocycles. The normalized spacial score (nSPS) is 9.76. The Balaban J connectivity index is 2.54. The molecule has 0 aliphatic rings. The third-order valence-corrected chi connectivity index (χ3v) is 2.10. The van der Waals surface area contributed by atoms with Crippen molar-refractivity contribution in [2.24, 2.45) is 0 Å². The minimum atomic E-state index is -1.57. The zero-order chi connectivity index (χ0) is 12.8. The van der Waals surface area contributed by atoms with Crippen molar-refractivity contribution in [1.82, 2.24) is 5.32 Å². The SMILES string of the molecule is O=C(O)CCNC(=O)c1ccc(B(O)O)cc1. The van der Waals surface area contributed by atoms with Gasteiger partial charge in [0, 0.05) is 12.1 Å². The zero-order valence-electron chi connectivity index (χ0n) is 8.96. The molecule has 0 aromatic heterocycles. The summed E-state index contributed by atoms with van der Waals surface area (Å²) in [4.78, 5) is 21.7. The third-order valence-electron chi connectivity index (χ3n) is 2.10. The highest BCUT2D eigenvalue weighted by Gasteiger charge is 2.11. The van der Waals surface area contributed by atoms with Gasteiger partial charge in [-0.15, -0.1) is 0 Å². The molecule has 0 spiro atoms. The number of carbonyl (C=O) groups excluding carboxylic acids is 1. The number of amides is 1. The second kappa shape index (κ2) is 6.02. The van der Waals surface area contributed by atoms with E-state index in [0.717, 1.165) is 0 Å². The van der Waals surface area contributed by atoms with Crippen LogP contribution in [0.25, 0.3) is 0 Å². The van der Waals surface area contributed by atoms with E-state index < -0.39 is 19.0 Å². The summed E-state index contributed by atoms with van der Waals surface area (Å²) in [5.74, 6) is -1.38. The molecular weight excluding hydrogens is 225 g/mol. The van der Waals surface area contributed by atoms with Crippen LogP contribution in [0.4, 0.5) is 0 Å². The fourth-order valence-electron chi connectivity index (χ4n) is 1.19. The monoisotopic (exact) mass is 237 g/mol. The van der Waals surface area contributed by atoms with Crippen molar-refractivity contribution in [2.75, 3.05) is 6.54 Å². The fraction of sp³-hybridized carbons (Fsp3) is 0.200. The largest absolute Gasteiger partial charge is 0.488 e. The summed E-state index contributed by atoms with van der Waals surface area (Å²) in [6.07, 6.45) is -0.140. The topological polar surface area (TPSA) is 107 Å². The van der Waals surface area contributed by atoms with Gasteiger partial charge in [-0.3, -0.25) is 9.59 Å². The summed E-state index contributed by atoms with van der Waals surface area (Å²) in [6.45, 7) is 0.0541. The van der Waals surface area contributed by atoms with Crippen LogP contribution in [0.3, 0.4) is 0 Å². The second-order valence-electron chi connectivity index (χ2n) is 3.40. The van der Waals surface area contributed by atoms with E-state index in [9.17, 15) is 9.59 Å². The Labute approximate surface area is 98.0 Å². The Morgan fingerprint density at radius 3 is 2.24 bits per heavy atom. The van der Waals surface area contributed by atoms with E-state index in [0.29, 0.717) is 5.56 Å². The minimum Gasteiger partial charge on any atom is -0.481 e. The number of carbonyl (C=O) groups is 2. The zero-order valence-corrected chi connectivity index (χ0v) is 8.96. The summed E-state index contributed by atoms with van der Waals surface area (Å²) in [5.41, 5.74) is 0.617. The molecule has 1 aromatic rings. The van der Waals surface area contributed by atoms with E-state index in [1.165, 1.54) is 24.3 Å². The van der Waals surface area contributed by atoms with Gasteiger partial charge in [0.25, 0.3) is 5.91 Å². The molecule has 90 valence electrons. The predicted molar refractivity (Wildman–Crippen MR) is 60.9 cm³/mol. The molecule has 0 saturated carbocycles. The van der Waals surface area contributed by atoms with Crippen LogP contribution < -0.4 is 10.8 Å². The van der Waals surface area contributed by atoms with Crippen LogP contribution in [-0.4, -0.2) is 40.7 Å². The smallest absolute Gasteiger partial charge is 0.481 e. The van der Waals surface area contributed by atoms with Crippen molar-refractivity contribution >= 4 is 24.5 Å². The molecule has 0 heterocycles. The van der Waals surface area contributed by atoms with E-state index in [2.05, 4.69) is 5.32 Å². The quantitative estimate of drug-likeness (QED) is 0.470. The number of benzene rings is 1. The van der Waals surface area contributed by atoms with E-state index >= 15 is 0 Å². The summed E-state index contributed by atoms with van der Waals surface area (Å²) in [7, 11) is -1.57. The van der Waals surface area contributed by atoms with Gasteiger partial charge in [0.05, 0.1) is 6.42 Å². The van der Waals surface area contributed by atoms with Gasteiger partial charge in [0.2, 0.25) is 0 Å². The van der Waals surface area contributed by atoms with Crippen LogP contribution in [-0.2, 0) is 4.79 Å². The molecule has 0 saturated heterocycles. The molecule has 0 atom stereocenters. The van der Waals surface area contributed by atoms with Crippen LogP contribution in [0.15, 0.2) is 24.3 Å². The van der Waals surface area contributed by atoms with Gasteiger partial charge in [-0.25, -0.2) is 0 Å². The number of aliphatic carboxylic acids is 1. The summed E-state index contributed by atoms with van der Waals surface area (Å²) >= 11 is 0. The molecule has 1 aromatic carbocycles. The first-order valence-corrected chi connectivity index (χ1v) is 4.97. The molecule has 0 bridgehead atoms. The lowest BCUT2D eigenvalue weighted by molar-refractivity contribution is -0.136. The highest BCUT2D eigenvalue weighted by molar-refractivity contribution is 6.58. The number of hydrogen-bond acceptors (Lipinski definition) is 4. The number of carboxylic acid groups (broad SMARTS) is 1. The summed E-state index contributed by atoms with van der Waals surface area (Å²) < 4.78 is 0. The molecule has 1 rings (SSSR count). The molecule has 7 heteroatoms. The first-order valence-electron chi connectivity index (χ1n) is 4.97. The highest BCUT2D eigenvalue weighted by Crippen LogP contribution is 1.97. The third kappa shape index (κ3) is 4.25. The average molecular weight is 237 g/mol. The van der Waals surface area contributed by atoms with Gasteiger partial charge >= 0.3 is 13.1 Å². The van der Waals surface area contributed by atoms with Crippen molar-refractivity contribution < 1.29 is 24.7 Å². The van der Waals surface area contributed by atoms with Crippen LogP contribution in [0, 0.1) is 0 Å². The van der Waals surface area contributed by atoms with Crippen LogP contribution in [0.5, 0.6) is 0 Å². The van der Waals surface area contributed by atoms with E-state index in [4.69, 9.17) is 15.2 Å². The summed E-state index contributed by atoms with van der Waals surface area (Å²) in [6, 6.07) is 5.70. The molecule has 17 heavy (non-hydrogen) atoms. The van der Waals surface area contributed by atoms with Crippen molar-refractivity contribution in [3.63, 3.8) is 0 Å². The van der Waals surface area contributed by atoms with Crippen LogP contribution in [0.1, 0.15) is 16.8 Å². The maximum absolute atomic E-state index is 11.5. The molecular formula is C10H12BNO5. The van der Waals surface area contributed by atoms with Crippen molar-refractivity contribution in [1.29, 1.82) is 0 Å². The van der Waals surface area contributed by atoms with E-state index in [1.54, 1.807) is 0 Å². The molecule has 6 nitrogen and oxygen atoms in total. The molecule has 0 radical (unpaired) electrons. The Kier molecular flexibility index (Phi) is 4.68. The predicted octanol–water partition coefficient (Wildman–Crippen LogP) is -1.43. The van der Waals surface area contributed by atoms with Gasteiger partial charge in [-0.2, -0.15) is 0 Å². The van der Waals surface area contributed by atoms with Crippen LogP contribution in [0.2, 0.25) is 0 Å². The highest BCUT2D eigenvalue weighted by atomic mass is 16.4. The Hall–Kier alpha value is -1.86. The summed E-state index contributed by atoms with van der Waals surface area (Å²) in [5, 5.41) is 28.5. The molecule has 4 N–H and O–H groups in total. The van der Waals surface area contributed by atoms with Gasteiger partial charge in [0.15, 0.2) is 0 Å². The Morgan fingerprint density at radius 1 is 1.18 bits per heavy atom. The number of carboxylic acids is 1. The molecule has 0 unspecified atom stereocenters. The number of rotatable bonds is 5. The van der Waals surface area contributed by atoms with Gasteiger partial charge < -0.3 is 20.5 Å². The van der Waals surface area contributed by atoms with Crippen LogP contribution >= 0.6 is 0 Å². The minimum absolute atomic E-state index is 0.0541. The molecule has 0 aliphatic heterocycles. The van der Waals surface area contributed by atoms with Gasteiger partial charge in [-0.1, -0.05) is 12.1 Å². The number of nitrogens with one attached hydrogen (secondary N) is 1. The Bertz CT molecular complexity index is 404. The fourth-order valence-corrected chi connectivity index (χ4v) is 1.19. The molecule has 1 amide bonds. The van der Waals surface area contributed by atoms with Crippen molar-refractivity contribution in [3.05, 3.63) is 29.8 Å². The first-order chi connectivity index (χ1) is 8.00. The maximum Gasteiger partial charge on any atom is 0.488 e. The average Bonchev–Trinajstić information content (AvgIpc) is 2.28. The van der Waals surface area contributed by atoms with E-state index in [1.807, 2.05) is 0 Å². The lowest BCUT2D eigenvalue weighted by atomic mass is 9.80. The van der Waals surface area contributed by atoms with Gasteiger partial charge in [0.1, 0.15) is 0 Å². The Morgan fingerprint density at radius 2 is 1.76 bits per heavy atom. The first kappa shape index (κ1) is 13.2. The van der Waals surface area contributed by atoms with Crippen molar-refractivity contribution in [3.8, 4) is 0 Å². The lowest BCUT2D eigenvalue weighted by Crippen LogP contribution is -2.30. The van der Waals surface area contributed by atoms with Crippen molar-refractivity contribution in [2.45, 2.75) is 6.42 Å². The molecule has 0 fully saturated rings. The van der Waals surface area contributed by atoms with E-state index in [-0.39, 0.29) is 18.4 Å². The lowest BCUT2D eigenvalue weighted by Gasteiger charge is -2.04. The number of hydrogen-bond donors (Lipinski definition) is 4.